The normalized spacial score (nSPS) is 21.5. The number of hydrogen-bond acceptors (Lipinski definition) is 4. The van der Waals surface area contributed by atoms with Crippen molar-refractivity contribution in [2.45, 2.75) is 18.9 Å². The van der Waals surface area contributed by atoms with E-state index in [1.807, 2.05) is 18.3 Å². The third-order valence-corrected chi connectivity index (χ3v) is 5.78. The van der Waals surface area contributed by atoms with Crippen LogP contribution in [0.2, 0.25) is 5.02 Å². The van der Waals surface area contributed by atoms with Crippen molar-refractivity contribution in [3.05, 3.63) is 35.5 Å². The second kappa shape index (κ2) is 6.87. The molecule has 128 valence electrons. The zero-order chi connectivity index (χ0) is 16.5. The first-order chi connectivity index (χ1) is 11.7. The Hall–Kier alpha value is -1.36. The summed E-state index contributed by atoms with van der Waals surface area (Å²) >= 11 is 6.11. The van der Waals surface area contributed by atoms with Gasteiger partial charge in [0.25, 0.3) is 0 Å². The van der Waals surface area contributed by atoms with Crippen LogP contribution in [-0.4, -0.2) is 67.1 Å². The Balaban J connectivity index is 1.46. The van der Waals surface area contributed by atoms with Gasteiger partial charge in [0.1, 0.15) is 0 Å². The molecule has 0 N–H and O–H groups in total. The summed E-state index contributed by atoms with van der Waals surface area (Å²) in [7, 11) is 2.22. The quantitative estimate of drug-likeness (QED) is 0.835. The highest BCUT2D eigenvalue weighted by molar-refractivity contribution is 6.31. The van der Waals surface area contributed by atoms with Crippen LogP contribution in [0.4, 0.5) is 5.69 Å². The largest absolute Gasteiger partial charge is 0.371 e. The summed E-state index contributed by atoms with van der Waals surface area (Å²) in [4.78, 5) is 12.1. The molecule has 0 atom stereocenters. The molecule has 4 nitrogen and oxygen atoms in total. The molecule has 0 aliphatic carbocycles. The fourth-order valence-electron chi connectivity index (χ4n) is 4.04. The number of fused-ring (bicyclic) bond motifs is 1. The Morgan fingerprint density at radius 2 is 1.75 bits per heavy atom. The summed E-state index contributed by atoms with van der Waals surface area (Å²) in [6.45, 7) is 7.10. The molecule has 1 aromatic heterocycles. The van der Waals surface area contributed by atoms with Crippen molar-refractivity contribution in [2.75, 3.05) is 51.2 Å². The molecular weight excluding hydrogens is 320 g/mol. The van der Waals surface area contributed by atoms with Crippen LogP contribution in [-0.2, 0) is 0 Å². The first kappa shape index (κ1) is 16.1. The molecule has 2 fully saturated rings. The number of piperidine rings is 1. The highest BCUT2D eigenvalue weighted by Crippen LogP contribution is 2.30. The van der Waals surface area contributed by atoms with Crippen LogP contribution < -0.4 is 4.90 Å². The lowest BCUT2D eigenvalue weighted by atomic mass is 10.0. The van der Waals surface area contributed by atoms with Crippen molar-refractivity contribution in [3.8, 4) is 0 Å². The fourth-order valence-corrected chi connectivity index (χ4v) is 4.21. The maximum absolute atomic E-state index is 6.11. The van der Waals surface area contributed by atoms with Gasteiger partial charge in [0.15, 0.2) is 0 Å². The Bertz CT molecular complexity index is 704. The minimum Gasteiger partial charge on any atom is -0.371 e. The summed E-state index contributed by atoms with van der Waals surface area (Å²) in [6.07, 6.45) is 4.41. The number of aromatic nitrogens is 1. The monoisotopic (exact) mass is 344 g/mol. The van der Waals surface area contributed by atoms with E-state index in [-0.39, 0.29) is 0 Å². The maximum Gasteiger partial charge on any atom is 0.0737 e. The molecule has 2 saturated heterocycles. The molecule has 24 heavy (non-hydrogen) atoms. The van der Waals surface area contributed by atoms with Gasteiger partial charge in [-0.05, 0) is 44.2 Å². The van der Waals surface area contributed by atoms with Crippen molar-refractivity contribution >= 4 is 28.2 Å². The standard InChI is InChI=1S/C19H25ClN4/c1-22-10-12-23(13-11-22)16-5-8-24(9-6-16)19-4-7-21-18-14-15(20)2-3-17(18)19/h2-4,7,14,16H,5-6,8-13H2,1H3. The molecule has 0 saturated carbocycles. The molecular formula is C19H25ClN4. The predicted molar refractivity (Wildman–Crippen MR) is 101 cm³/mol. The topological polar surface area (TPSA) is 22.6 Å². The third-order valence-electron chi connectivity index (χ3n) is 5.54. The van der Waals surface area contributed by atoms with Crippen molar-refractivity contribution in [1.29, 1.82) is 0 Å². The highest BCUT2D eigenvalue weighted by atomic mass is 35.5. The van der Waals surface area contributed by atoms with Gasteiger partial charge >= 0.3 is 0 Å². The third kappa shape index (κ3) is 3.23. The predicted octanol–water partition coefficient (Wildman–Crippen LogP) is 3.10. The molecule has 5 heteroatoms. The first-order valence-electron chi connectivity index (χ1n) is 8.92. The van der Waals surface area contributed by atoms with E-state index in [1.54, 1.807) is 0 Å². The first-order valence-corrected chi connectivity index (χ1v) is 9.30. The van der Waals surface area contributed by atoms with E-state index in [4.69, 9.17) is 11.6 Å². The minimum absolute atomic E-state index is 0.748. The summed E-state index contributed by atoms with van der Waals surface area (Å²) in [5.41, 5.74) is 2.29. The second-order valence-electron chi connectivity index (χ2n) is 7.05. The average molecular weight is 345 g/mol. The molecule has 0 bridgehead atoms. The van der Waals surface area contributed by atoms with Gasteiger partial charge in [-0.1, -0.05) is 11.6 Å². The lowest BCUT2D eigenvalue weighted by Crippen LogP contribution is -2.52. The molecule has 0 unspecified atom stereocenters. The zero-order valence-electron chi connectivity index (χ0n) is 14.3. The summed E-state index contributed by atoms with van der Waals surface area (Å²) in [5.74, 6) is 0. The average Bonchev–Trinajstić information content (AvgIpc) is 2.62. The van der Waals surface area contributed by atoms with E-state index in [0.29, 0.717) is 0 Å². The number of hydrogen-bond donors (Lipinski definition) is 0. The van der Waals surface area contributed by atoms with Crippen LogP contribution in [0, 0.1) is 0 Å². The van der Waals surface area contributed by atoms with Gasteiger partial charge in [-0.15, -0.1) is 0 Å². The van der Waals surface area contributed by atoms with Gasteiger partial charge in [0.2, 0.25) is 0 Å². The molecule has 2 aliphatic rings. The molecule has 0 spiro atoms. The van der Waals surface area contributed by atoms with E-state index in [2.05, 4.69) is 38.9 Å². The Morgan fingerprint density at radius 1 is 1.00 bits per heavy atom. The van der Waals surface area contributed by atoms with Gasteiger partial charge in [0, 0.05) is 67.6 Å². The van der Waals surface area contributed by atoms with E-state index in [0.717, 1.165) is 29.7 Å². The van der Waals surface area contributed by atoms with Gasteiger partial charge in [0.05, 0.1) is 5.52 Å². The van der Waals surface area contributed by atoms with Gasteiger partial charge in [-0.2, -0.15) is 0 Å². The molecule has 4 rings (SSSR count). The Labute approximate surface area is 149 Å². The maximum atomic E-state index is 6.11. The summed E-state index contributed by atoms with van der Waals surface area (Å²) < 4.78 is 0. The zero-order valence-corrected chi connectivity index (χ0v) is 15.0. The number of halogens is 1. The molecule has 2 aliphatic heterocycles. The van der Waals surface area contributed by atoms with E-state index in [9.17, 15) is 0 Å². The summed E-state index contributed by atoms with van der Waals surface area (Å²) in [5, 5.41) is 1.96. The molecule has 0 radical (unpaired) electrons. The van der Waals surface area contributed by atoms with Crippen molar-refractivity contribution in [1.82, 2.24) is 14.8 Å². The van der Waals surface area contributed by atoms with Crippen molar-refractivity contribution in [3.63, 3.8) is 0 Å². The number of nitrogens with zero attached hydrogens (tertiary/aromatic N) is 4. The lowest BCUT2D eigenvalue weighted by Gasteiger charge is -2.42. The number of benzene rings is 1. The Kier molecular flexibility index (Phi) is 4.61. The van der Waals surface area contributed by atoms with Crippen LogP contribution in [0.5, 0.6) is 0 Å². The van der Waals surface area contributed by atoms with Gasteiger partial charge in [-0.25, -0.2) is 0 Å². The fraction of sp³-hybridized carbons (Fsp3) is 0.526. The molecule has 3 heterocycles. The van der Waals surface area contributed by atoms with Crippen molar-refractivity contribution in [2.24, 2.45) is 0 Å². The van der Waals surface area contributed by atoms with Crippen LogP contribution >= 0.6 is 11.6 Å². The van der Waals surface area contributed by atoms with Crippen molar-refractivity contribution < 1.29 is 0 Å². The van der Waals surface area contributed by atoms with Crippen LogP contribution in [0.15, 0.2) is 30.5 Å². The van der Waals surface area contributed by atoms with Gasteiger partial charge in [-0.3, -0.25) is 9.88 Å². The minimum atomic E-state index is 0.748. The van der Waals surface area contributed by atoms with Crippen LogP contribution in [0.1, 0.15) is 12.8 Å². The van der Waals surface area contributed by atoms with Crippen LogP contribution in [0.25, 0.3) is 10.9 Å². The Morgan fingerprint density at radius 3 is 2.50 bits per heavy atom. The SMILES string of the molecule is CN1CCN(C2CCN(c3ccnc4cc(Cl)ccc34)CC2)CC1. The number of piperazine rings is 1. The van der Waals surface area contributed by atoms with E-state index in [1.165, 1.54) is 50.1 Å². The highest BCUT2D eigenvalue weighted by Gasteiger charge is 2.27. The smallest absolute Gasteiger partial charge is 0.0737 e. The second-order valence-corrected chi connectivity index (χ2v) is 7.49. The number of likely N-dealkylation sites (N-methyl/N-ethyl adjacent to an activating group) is 1. The van der Waals surface area contributed by atoms with Gasteiger partial charge < -0.3 is 9.80 Å². The molecule has 2 aromatic rings. The van der Waals surface area contributed by atoms with E-state index < -0.39 is 0 Å². The molecule has 1 aromatic carbocycles. The number of anilines is 1. The number of rotatable bonds is 2. The van der Waals surface area contributed by atoms with Crippen LogP contribution in [0.3, 0.4) is 0 Å². The lowest BCUT2D eigenvalue weighted by molar-refractivity contribution is 0.0982. The molecule has 0 amide bonds. The number of pyridine rings is 1. The van der Waals surface area contributed by atoms with E-state index >= 15 is 0 Å². The summed E-state index contributed by atoms with van der Waals surface area (Å²) in [6, 6.07) is 8.92.